The van der Waals surface area contributed by atoms with Crippen molar-refractivity contribution in [2.45, 2.75) is 11.1 Å². The number of aryl methyl sites for hydroxylation is 1. The fourth-order valence-corrected chi connectivity index (χ4v) is 4.14. The van der Waals surface area contributed by atoms with Crippen LogP contribution in [0.3, 0.4) is 0 Å². The first-order valence-electron chi connectivity index (χ1n) is 5.37. The standard InChI is InChI=1S/C10H8ClN3O5S2/c1-5-9(20-10(15)12-5)21(18,19)13-8-4-6(14(16)17)2-3-7(8)11/h2-4,13H,1H3,(H,12,15). The van der Waals surface area contributed by atoms with Crippen LogP contribution in [0.2, 0.25) is 5.02 Å². The summed E-state index contributed by atoms with van der Waals surface area (Å²) in [6.07, 6.45) is 0. The van der Waals surface area contributed by atoms with Gasteiger partial charge in [-0.05, 0) is 13.0 Å². The number of rotatable bonds is 4. The van der Waals surface area contributed by atoms with Gasteiger partial charge in [0.15, 0.2) is 4.21 Å². The van der Waals surface area contributed by atoms with Crippen molar-refractivity contribution in [3.63, 3.8) is 0 Å². The molecule has 8 nitrogen and oxygen atoms in total. The van der Waals surface area contributed by atoms with Crippen LogP contribution >= 0.6 is 22.9 Å². The molecule has 0 spiro atoms. The van der Waals surface area contributed by atoms with Gasteiger partial charge in [0.1, 0.15) is 0 Å². The largest absolute Gasteiger partial charge is 0.315 e. The average Bonchev–Trinajstić information content (AvgIpc) is 2.71. The van der Waals surface area contributed by atoms with Gasteiger partial charge in [-0.1, -0.05) is 22.9 Å². The van der Waals surface area contributed by atoms with Crippen molar-refractivity contribution in [3.8, 4) is 0 Å². The Morgan fingerprint density at radius 1 is 1.43 bits per heavy atom. The molecule has 1 aromatic heterocycles. The maximum atomic E-state index is 12.2. The van der Waals surface area contributed by atoms with Gasteiger partial charge in [0.25, 0.3) is 15.7 Å². The van der Waals surface area contributed by atoms with Crippen LogP contribution in [0.4, 0.5) is 11.4 Å². The quantitative estimate of drug-likeness (QED) is 0.646. The van der Waals surface area contributed by atoms with Gasteiger partial charge in [-0.15, -0.1) is 0 Å². The van der Waals surface area contributed by atoms with Crippen molar-refractivity contribution < 1.29 is 13.3 Å². The number of thiazole rings is 1. The van der Waals surface area contributed by atoms with Crippen LogP contribution in [0.1, 0.15) is 5.69 Å². The Labute approximate surface area is 127 Å². The molecular formula is C10H8ClN3O5S2. The third-order valence-electron chi connectivity index (χ3n) is 2.43. The smallest absolute Gasteiger partial charge is 0.306 e. The lowest BCUT2D eigenvalue weighted by Gasteiger charge is -2.08. The van der Waals surface area contributed by atoms with E-state index in [9.17, 15) is 23.3 Å². The zero-order valence-corrected chi connectivity index (χ0v) is 12.8. The Kier molecular flexibility index (Phi) is 4.03. The summed E-state index contributed by atoms with van der Waals surface area (Å²) in [4.78, 5) is 23.0. The second kappa shape index (κ2) is 5.47. The molecule has 0 aliphatic rings. The van der Waals surface area contributed by atoms with E-state index >= 15 is 0 Å². The Balaban J connectivity index is 2.46. The lowest BCUT2D eigenvalue weighted by Crippen LogP contribution is -2.13. The summed E-state index contributed by atoms with van der Waals surface area (Å²) in [5.41, 5.74) is -0.263. The number of nitro groups is 1. The van der Waals surface area contributed by atoms with E-state index in [1.807, 2.05) is 0 Å². The van der Waals surface area contributed by atoms with E-state index in [2.05, 4.69) is 9.71 Å². The second-order valence-electron chi connectivity index (χ2n) is 3.95. The summed E-state index contributed by atoms with van der Waals surface area (Å²) < 4.78 is 26.3. The van der Waals surface area contributed by atoms with Crippen LogP contribution in [0.25, 0.3) is 0 Å². The van der Waals surface area contributed by atoms with Gasteiger partial charge in [0.2, 0.25) is 0 Å². The summed E-state index contributed by atoms with van der Waals surface area (Å²) >= 11 is 6.34. The summed E-state index contributed by atoms with van der Waals surface area (Å²) in [5.74, 6) is 0. The monoisotopic (exact) mass is 349 g/mol. The number of hydrogen-bond acceptors (Lipinski definition) is 6. The van der Waals surface area contributed by atoms with E-state index < -0.39 is 19.8 Å². The summed E-state index contributed by atoms with van der Waals surface area (Å²) in [6, 6.07) is 3.37. The molecule has 0 aliphatic heterocycles. The van der Waals surface area contributed by atoms with E-state index in [1.54, 1.807) is 0 Å². The number of nitro benzene ring substituents is 1. The summed E-state index contributed by atoms with van der Waals surface area (Å²) in [7, 11) is -4.06. The maximum absolute atomic E-state index is 12.2. The molecule has 21 heavy (non-hydrogen) atoms. The number of halogens is 1. The van der Waals surface area contributed by atoms with E-state index in [4.69, 9.17) is 11.6 Å². The second-order valence-corrected chi connectivity index (χ2v) is 7.22. The Morgan fingerprint density at radius 2 is 2.10 bits per heavy atom. The lowest BCUT2D eigenvalue weighted by atomic mass is 10.3. The Bertz CT molecular complexity index is 871. The third kappa shape index (κ3) is 3.23. The fourth-order valence-electron chi connectivity index (χ4n) is 1.54. The first-order chi connectivity index (χ1) is 9.70. The van der Waals surface area contributed by atoms with Crippen LogP contribution in [-0.2, 0) is 10.0 Å². The highest BCUT2D eigenvalue weighted by Crippen LogP contribution is 2.29. The number of aromatic amines is 1. The van der Waals surface area contributed by atoms with Crippen molar-refractivity contribution in [2.24, 2.45) is 0 Å². The molecule has 0 amide bonds. The molecule has 0 atom stereocenters. The molecule has 0 fully saturated rings. The van der Waals surface area contributed by atoms with E-state index in [0.717, 1.165) is 12.1 Å². The number of nitrogens with zero attached hydrogens (tertiary/aromatic N) is 1. The number of non-ortho nitro benzene ring substituents is 1. The van der Waals surface area contributed by atoms with Gasteiger partial charge in [-0.2, -0.15) is 0 Å². The van der Waals surface area contributed by atoms with Crippen LogP contribution in [0.5, 0.6) is 0 Å². The van der Waals surface area contributed by atoms with Crippen molar-refractivity contribution in [2.75, 3.05) is 4.72 Å². The lowest BCUT2D eigenvalue weighted by molar-refractivity contribution is -0.384. The van der Waals surface area contributed by atoms with Gasteiger partial charge in [0, 0.05) is 17.8 Å². The van der Waals surface area contributed by atoms with Gasteiger partial charge >= 0.3 is 4.87 Å². The highest BCUT2D eigenvalue weighted by Gasteiger charge is 2.22. The number of hydrogen-bond donors (Lipinski definition) is 2. The Morgan fingerprint density at radius 3 is 2.62 bits per heavy atom. The molecule has 2 rings (SSSR count). The van der Waals surface area contributed by atoms with E-state index in [-0.39, 0.29) is 26.3 Å². The molecule has 0 aliphatic carbocycles. The zero-order chi connectivity index (χ0) is 15.8. The molecule has 0 radical (unpaired) electrons. The minimum atomic E-state index is -4.06. The molecule has 11 heteroatoms. The van der Waals surface area contributed by atoms with Crippen LogP contribution in [0.15, 0.2) is 27.2 Å². The third-order valence-corrected chi connectivity index (χ3v) is 5.73. The maximum Gasteiger partial charge on any atom is 0.306 e. The van der Waals surface area contributed by atoms with Crippen LogP contribution in [-0.4, -0.2) is 18.3 Å². The number of anilines is 1. The fraction of sp³-hybridized carbons (Fsp3) is 0.100. The summed E-state index contributed by atoms with van der Waals surface area (Å²) in [5, 5.41) is 10.7. The van der Waals surface area contributed by atoms with E-state index in [1.165, 1.54) is 13.0 Å². The van der Waals surface area contributed by atoms with Crippen LogP contribution in [0, 0.1) is 17.0 Å². The molecular weight excluding hydrogens is 342 g/mol. The minimum absolute atomic E-state index is 0.00436. The average molecular weight is 350 g/mol. The molecule has 2 N–H and O–H groups in total. The molecule has 0 unspecified atom stereocenters. The molecule has 2 aromatic rings. The first-order valence-corrected chi connectivity index (χ1v) is 8.05. The number of aromatic nitrogens is 1. The number of H-pyrrole nitrogens is 1. The first kappa shape index (κ1) is 15.5. The molecule has 112 valence electrons. The predicted molar refractivity (Wildman–Crippen MR) is 78.6 cm³/mol. The molecule has 0 saturated carbocycles. The van der Waals surface area contributed by atoms with Gasteiger partial charge in [-0.3, -0.25) is 19.6 Å². The predicted octanol–water partition coefficient (Wildman–Crippen LogP) is 2.11. The number of benzene rings is 1. The Hall–Kier alpha value is -1.91. The normalized spacial score (nSPS) is 11.3. The van der Waals surface area contributed by atoms with Gasteiger partial charge < -0.3 is 4.98 Å². The van der Waals surface area contributed by atoms with Gasteiger partial charge in [0.05, 0.1) is 15.6 Å². The van der Waals surface area contributed by atoms with Crippen molar-refractivity contribution in [1.82, 2.24) is 4.98 Å². The summed E-state index contributed by atoms with van der Waals surface area (Å²) in [6.45, 7) is 1.43. The minimum Gasteiger partial charge on any atom is -0.315 e. The van der Waals surface area contributed by atoms with Crippen LogP contribution < -0.4 is 9.60 Å². The molecule has 1 aromatic carbocycles. The SMILES string of the molecule is Cc1[nH]c(=O)sc1S(=O)(=O)Nc1cc([N+](=O)[O-])ccc1Cl. The number of nitrogens with one attached hydrogen (secondary N) is 2. The topological polar surface area (TPSA) is 122 Å². The molecule has 0 bridgehead atoms. The molecule has 1 heterocycles. The zero-order valence-electron chi connectivity index (χ0n) is 10.4. The highest BCUT2D eigenvalue weighted by atomic mass is 35.5. The van der Waals surface area contributed by atoms with Crippen molar-refractivity contribution in [3.05, 3.63) is 48.7 Å². The van der Waals surface area contributed by atoms with E-state index in [0.29, 0.717) is 11.3 Å². The number of sulfonamides is 1. The van der Waals surface area contributed by atoms with Gasteiger partial charge in [-0.25, -0.2) is 8.42 Å². The molecule has 0 saturated heterocycles. The van der Waals surface area contributed by atoms with Crippen molar-refractivity contribution in [1.29, 1.82) is 0 Å². The highest BCUT2D eigenvalue weighted by molar-refractivity contribution is 7.94. The van der Waals surface area contributed by atoms with Crippen molar-refractivity contribution >= 4 is 44.3 Å².